The first-order chi connectivity index (χ1) is 8.00. The van der Waals surface area contributed by atoms with Crippen LogP contribution in [0.1, 0.15) is 10.6 Å². The molecule has 0 fully saturated rings. The van der Waals surface area contributed by atoms with E-state index in [1.54, 1.807) is 14.1 Å². The fourth-order valence-electron chi connectivity index (χ4n) is 1.06. The number of rotatable bonds is 5. The van der Waals surface area contributed by atoms with Gasteiger partial charge in [-0.05, 0) is 6.07 Å². The van der Waals surface area contributed by atoms with Gasteiger partial charge in [-0.15, -0.1) is 0 Å². The van der Waals surface area contributed by atoms with Gasteiger partial charge in [0.25, 0.3) is 0 Å². The topological polar surface area (TPSA) is 94.8 Å². The Labute approximate surface area is 98.4 Å². The molecule has 0 aromatic carbocycles. The van der Waals surface area contributed by atoms with E-state index in [1.807, 2.05) is 0 Å². The minimum absolute atomic E-state index is 0.121. The van der Waals surface area contributed by atoms with Crippen LogP contribution in [0.4, 0.5) is 10.7 Å². The maximum atomic E-state index is 11.1. The Morgan fingerprint density at radius 1 is 1.35 bits per heavy atom. The molecule has 0 spiro atoms. The van der Waals surface area contributed by atoms with Gasteiger partial charge in [0.15, 0.2) is 5.88 Å². The molecule has 0 aliphatic rings. The van der Waals surface area contributed by atoms with E-state index in [-0.39, 0.29) is 11.8 Å². The SMILES string of the molecule is CN(C)C(=O)NCCNc1ccc(C(=O)O)o1. The second kappa shape index (κ2) is 5.78. The Bertz CT molecular complexity index is 400. The lowest BCUT2D eigenvalue weighted by Gasteiger charge is -2.11. The van der Waals surface area contributed by atoms with Gasteiger partial charge in [0.2, 0.25) is 5.76 Å². The molecule has 0 unspecified atom stereocenters. The molecule has 2 amide bonds. The predicted molar refractivity (Wildman–Crippen MR) is 61.2 cm³/mol. The summed E-state index contributed by atoms with van der Waals surface area (Å²) < 4.78 is 4.97. The molecule has 1 aromatic rings. The highest BCUT2D eigenvalue weighted by molar-refractivity contribution is 5.84. The van der Waals surface area contributed by atoms with Crippen molar-refractivity contribution in [1.82, 2.24) is 10.2 Å². The van der Waals surface area contributed by atoms with Gasteiger partial charge < -0.3 is 25.1 Å². The van der Waals surface area contributed by atoms with E-state index in [4.69, 9.17) is 9.52 Å². The van der Waals surface area contributed by atoms with Crippen molar-refractivity contribution in [2.24, 2.45) is 0 Å². The molecule has 1 rings (SSSR count). The summed E-state index contributed by atoms with van der Waals surface area (Å²) in [5.74, 6) is -0.870. The number of carbonyl (C=O) groups excluding carboxylic acids is 1. The largest absolute Gasteiger partial charge is 0.475 e. The summed E-state index contributed by atoms with van der Waals surface area (Å²) in [6.45, 7) is 0.867. The molecule has 0 radical (unpaired) electrons. The normalized spacial score (nSPS) is 9.76. The van der Waals surface area contributed by atoms with Crippen molar-refractivity contribution in [2.75, 3.05) is 32.5 Å². The van der Waals surface area contributed by atoms with E-state index in [0.29, 0.717) is 19.0 Å². The third kappa shape index (κ3) is 4.06. The number of carbonyl (C=O) groups is 2. The predicted octanol–water partition coefficient (Wildman–Crippen LogP) is 0.661. The molecule has 3 N–H and O–H groups in total. The standard InChI is InChI=1S/C10H15N3O4/c1-13(2)10(16)12-6-5-11-8-4-3-7(17-8)9(14)15/h3-4,11H,5-6H2,1-2H3,(H,12,16)(H,14,15). The van der Waals surface area contributed by atoms with Crippen molar-refractivity contribution in [2.45, 2.75) is 0 Å². The smallest absolute Gasteiger partial charge is 0.371 e. The van der Waals surface area contributed by atoms with Crippen molar-refractivity contribution in [3.05, 3.63) is 17.9 Å². The highest BCUT2D eigenvalue weighted by atomic mass is 16.4. The number of nitrogens with zero attached hydrogens (tertiary/aromatic N) is 1. The highest BCUT2D eigenvalue weighted by Gasteiger charge is 2.08. The second-order valence-electron chi connectivity index (χ2n) is 3.52. The fraction of sp³-hybridized carbons (Fsp3) is 0.400. The first-order valence-electron chi connectivity index (χ1n) is 5.03. The molecular weight excluding hydrogens is 226 g/mol. The van der Waals surface area contributed by atoms with Gasteiger partial charge >= 0.3 is 12.0 Å². The molecule has 0 atom stereocenters. The number of amides is 2. The molecule has 7 nitrogen and oxygen atoms in total. The van der Waals surface area contributed by atoms with E-state index < -0.39 is 5.97 Å². The molecule has 0 aliphatic carbocycles. The highest BCUT2D eigenvalue weighted by Crippen LogP contribution is 2.12. The van der Waals surface area contributed by atoms with E-state index in [1.165, 1.54) is 17.0 Å². The third-order valence-electron chi connectivity index (χ3n) is 1.92. The Hall–Kier alpha value is -2.18. The number of nitrogens with one attached hydrogen (secondary N) is 2. The number of urea groups is 1. The van der Waals surface area contributed by atoms with Crippen LogP contribution in [-0.2, 0) is 0 Å². The molecule has 94 valence electrons. The zero-order chi connectivity index (χ0) is 12.8. The monoisotopic (exact) mass is 241 g/mol. The molecule has 7 heteroatoms. The summed E-state index contributed by atoms with van der Waals surface area (Å²) in [5, 5.41) is 14.1. The van der Waals surface area contributed by atoms with E-state index in [2.05, 4.69) is 10.6 Å². The van der Waals surface area contributed by atoms with Crippen LogP contribution in [0.15, 0.2) is 16.5 Å². The minimum Gasteiger partial charge on any atom is -0.475 e. The van der Waals surface area contributed by atoms with Crippen LogP contribution in [0, 0.1) is 0 Å². The van der Waals surface area contributed by atoms with Crippen molar-refractivity contribution >= 4 is 17.9 Å². The van der Waals surface area contributed by atoms with Crippen LogP contribution in [0.3, 0.4) is 0 Å². The number of carboxylic acid groups (broad SMARTS) is 1. The quantitative estimate of drug-likeness (QED) is 0.658. The van der Waals surface area contributed by atoms with Crippen LogP contribution >= 0.6 is 0 Å². The van der Waals surface area contributed by atoms with Gasteiger partial charge in [-0.25, -0.2) is 9.59 Å². The number of carboxylic acids is 1. The van der Waals surface area contributed by atoms with Crippen molar-refractivity contribution in [3.8, 4) is 0 Å². The number of furan rings is 1. The summed E-state index contributed by atoms with van der Waals surface area (Å²) in [6.07, 6.45) is 0. The van der Waals surface area contributed by atoms with Crippen molar-refractivity contribution in [1.29, 1.82) is 0 Å². The van der Waals surface area contributed by atoms with E-state index >= 15 is 0 Å². The molecule has 0 bridgehead atoms. The maximum Gasteiger partial charge on any atom is 0.371 e. The first kappa shape index (κ1) is 12.9. The van der Waals surface area contributed by atoms with E-state index in [9.17, 15) is 9.59 Å². The van der Waals surface area contributed by atoms with Gasteiger partial charge in [0, 0.05) is 33.3 Å². The number of hydrogen-bond donors (Lipinski definition) is 3. The summed E-state index contributed by atoms with van der Waals surface area (Å²) in [7, 11) is 3.29. The maximum absolute atomic E-state index is 11.1. The Kier molecular flexibility index (Phi) is 4.38. The third-order valence-corrected chi connectivity index (χ3v) is 1.92. The number of anilines is 1. The molecule has 0 saturated carbocycles. The molecule has 0 saturated heterocycles. The van der Waals surface area contributed by atoms with Gasteiger partial charge in [-0.2, -0.15) is 0 Å². The Balaban J connectivity index is 2.26. The lowest BCUT2D eigenvalue weighted by molar-refractivity contribution is 0.0663. The van der Waals surface area contributed by atoms with Crippen LogP contribution in [0.5, 0.6) is 0 Å². The van der Waals surface area contributed by atoms with Gasteiger partial charge in [0.05, 0.1) is 0 Å². The van der Waals surface area contributed by atoms with Gasteiger partial charge in [0.1, 0.15) is 0 Å². The minimum atomic E-state index is -1.11. The van der Waals surface area contributed by atoms with Crippen LogP contribution in [0.2, 0.25) is 0 Å². The average Bonchev–Trinajstić information content (AvgIpc) is 2.72. The zero-order valence-corrected chi connectivity index (χ0v) is 9.69. The Morgan fingerprint density at radius 2 is 2.06 bits per heavy atom. The number of hydrogen-bond acceptors (Lipinski definition) is 4. The average molecular weight is 241 g/mol. The summed E-state index contributed by atoms with van der Waals surface area (Å²) in [5.41, 5.74) is 0. The summed E-state index contributed by atoms with van der Waals surface area (Å²) in [6, 6.07) is 2.71. The zero-order valence-electron chi connectivity index (χ0n) is 9.69. The molecule has 0 aliphatic heterocycles. The molecule has 1 aromatic heterocycles. The van der Waals surface area contributed by atoms with E-state index in [0.717, 1.165) is 0 Å². The summed E-state index contributed by atoms with van der Waals surface area (Å²) in [4.78, 5) is 23.1. The lowest BCUT2D eigenvalue weighted by Crippen LogP contribution is -2.37. The molecular formula is C10H15N3O4. The fourth-order valence-corrected chi connectivity index (χ4v) is 1.06. The summed E-state index contributed by atoms with van der Waals surface area (Å²) >= 11 is 0. The van der Waals surface area contributed by atoms with Gasteiger partial charge in [-0.1, -0.05) is 0 Å². The molecule has 17 heavy (non-hydrogen) atoms. The van der Waals surface area contributed by atoms with Crippen LogP contribution in [0.25, 0.3) is 0 Å². The van der Waals surface area contributed by atoms with Crippen LogP contribution in [-0.4, -0.2) is 49.2 Å². The Morgan fingerprint density at radius 3 is 2.59 bits per heavy atom. The lowest BCUT2D eigenvalue weighted by atomic mass is 10.4. The first-order valence-corrected chi connectivity index (χ1v) is 5.03. The second-order valence-corrected chi connectivity index (χ2v) is 3.52. The van der Waals surface area contributed by atoms with Crippen molar-refractivity contribution in [3.63, 3.8) is 0 Å². The molecule has 1 heterocycles. The number of aromatic carboxylic acids is 1. The van der Waals surface area contributed by atoms with Gasteiger partial charge in [-0.3, -0.25) is 0 Å². The van der Waals surface area contributed by atoms with Crippen LogP contribution < -0.4 is 10.6 Å². The van der Waals surface area contributed by atoms with Crippen molar-refractivity contribution < 1.29 is 19.1 Å².